The molecule has 1 aromatic carbocycles. The lowest BCUT2D eigenvalue weighted by Gasteiger charge is -2.25. The molecule has 5 nitrogen and oxygen atoms in total. The molecule has 0 aliphatic heterocycles. The molecule has 0 fully saturated rings. The molecule has 0 heterocycles. The number of carbonyl (C=O) groups excluding carboxylic acids is 2. The number of anilines is 1. The number of nitrogens with one attached hydrogen (secondary N) is 2. The van der Waals surface area contributed by atoms with E-state index in [9.17, 15) is 22.8 Å². The predicted octanol–water partition coefficient (Wildman–Crippen LogP) is 4.19. The second-order valence-electron chi connectivity index (χ2n) is 6.90. The van der Waals surface area contributed by atoms with Crippen molar-refractivity contribution in [1.82, 2.24) is 5.32 Å². The molecule has 1 rings (SSSR count). The Morgan fingerprint density at radius 1 is 1.08 bits per heavy atom. The van der Waals surface area contributed by atoms with Crippen LogP contribution >= 0.6 is 0 Å². The van der Waals surface area contributed by atoms with E-state index in [1.54, 1.807) is 34.6 Å². The molecule has 2 N–H and O–H groups in total. The lowest BCUT2D eigenvalue weighted by atomic mass is 10.0. The highest BCUT2D eigenvalue weighted by Crippen LogP contribution is 2.34. The Balaban J connectivity index is 2.94. The minimum absolute atomic E-state index is 0.356. The van der Waals surface area contributed by atoms with E-state index in [1.807, 2.05) is 0 Å². The molecular formula is C17H23F3N2O3. The van der Waals surface area contributed by atoms with E-state index < -0.39 is 35.4 Å². The van der Waals surface area contributed by atoms with Crippen LogP contribution in [0.25, 0.3) is 0 Å². The van der Waals surface area contributed by atoms with Crippen LogP contribution in [0.2, 0.25) is 0 Å². The second kappa shape index (κ2) is 7.76. The maximum absolute atomic E-state index is 13.0. The van der Waals surface area contributed by atoms with Crippen molar-refractivity contribution < 1.29 is 27.5 Å². The maximum atomic E-state index is 13.0. The number of hydrogen-bond donors (Lipinski definition) is 2. The van der Waals surface area contributed by atoms with E-state index in [0.717, 1.165) is 12.1 Å². The van der Waals surface area contributed by atoms with Gasteiger partial charge in [0.1, 0.15) is 11.6 Å². The Morgan fingerprint density at radius 2 is 1.64 bits per heavy atom. The number of alkyl halides is 3. The molecule has 0 aliphatic rings. The molecule has 8 heteroatoms. The fourth-order valence-electron chi connectivity index (χ4n) is 2.02. The van der Waals surface area contributed by atoms with Gasteiger partial charge in [-0.25, -0.2) is 4.79 Å². The van der Waals surface area contributed by atoms with Crippen molar-refractivity contribution in [3.05, 3.63) is 29.8 Å². The summed E-state index contributed by atoms with van der Waals surface area (Å²) in [6.07, 6.45) is -5.42. The van der Waals surface area contributed by atoms with Gasteiger partial charge < -0.3 is 15.4 Å². The molecule has 0 aliphatic carbocycles. The predicted molar refractivity (Wildman–Crippen MR) is 88.1 cm³/mol. The van der Waals surface area contributed by atoms with Crippen LogP contribution in [0.4, 0.5) is 23.7 Å². The van der Waals surface area contributed by atoms with E-state index in [4.69, 9.17) is 4.74 Å². The first-order valence-corrected chi connectivity index (χ1v) is 7.78. The summed E-state index contributed by atoms with van der Waals surface area (Å²) < 4.78 is 44.1. The number of ether oxygens (including phenoxy) is 1. The molecule has 1 aromatic rings. The number of benzene rings is 1. The quantitative estimate of drug-likeness (QED) is 0.846. The van der Waals surface area contributed by atoms with Gasteiger partial charge in [0.15, 0.2) is 0 Å². The van der Waals surface area contributed by atoms with Crippen LogP contribution < -0.4 is 10.6 Å². The summed E-state index contributed by atoms with van der Waals surface area (Å²) in [7, 11) is 0. The van der Waals surface area contributed by atoms with Gasteiger partial charge in [0, 0.05) is 0 Å². The lowest BCUT2D eigenvalue weighted by Crippen LogP contribution is -2.48. The van der Waals surface area contributed by atoms with Crippen LogP contribution in [0.5, 0.6) is 0 Å². The molecule has 25 heavy (non-hydrogen) atoms. The number of hydrogen-bond acceptors (Lipinski definition) is 3. The van der Waals surface area contributed by atoms with Crippen molar-refractivity contribution >= 4 is 17.7 Å². The van der Waals surface area contributed by atoms with E-state index >= 15 is 0 Å². The van der Waals surface area contributed by atoms with Crippen molar-refractivity contribution in [3.8, 4) is 0 Å². The molecule has 0 saturated heterocycles. The number of para-hydroxylation sites is 1. The second-order valence-corrected chi connectivity index (χ2v) is 6.90. The van der Waals surface area contributed by atoms with Gasteiger partial charge in [-0.15, -0.1) is 0 Å². The zero-order valence-corrected chi connectivity index (χ0v) is 14.8. The van der Waals surface area contributed by atoms with Gasteiger partial charge in [-0.05, 0) is 38.8 Å². The van der Waals surface area contributed by atoms with E-state index in [2.05, 4.69) is 10.6 Å². The number of carbonyl (C=O) groups is 2. The molecule has 2 amide bonds. The van der Waals surface area contributed by atoms with E-state index in [-0.39, 0.29) is 11.6 Å². The first kappa shape index (κ1) is 20.8. The van der Waals surface area contributed by atoms with E-state index in [1.165, 1.54) is 12.1 Å². The molecule has 0 bridgehead atoms. The third-order valence-corrected chi connectivity index (χ3v) is 3.11. The first-order chi connectivity index (χ1) is 11.3. The molecular weight excluding hydrogens is 337 g/mol. The zero-order chi connectivity index (χ0) is 19.4. The van der Waals surface area contributed by atoms with Crippen molar-refractivity contribution in [2.75, 3.05) is 5.32 Å². The standard InChI is InChI=1S/C17H23F3N2O3/c1-10(2)13(22-15(24)25-16(3,4)5)14(23)21-12-9-7-6-8-11(12)17(18,19)20/h6-10,13H,1-5H3,(H,21,23)(H,22,24). The summed E-state index contributed by atoms with van der Waals surface area (Å²) in [6.45, 7) is 8.32. The number of halogens is 3. The smallest absolute Gasteiger partial charge is 0.418 e. The normalized spacial score (nSPS) is 13.3. The fraction of sp³-hybridized carbons (Fsp3) is 0.529. The SMILES string of the molecule is CC(C)C(NC(=O)OC(C)(C)C)C(=O)Nc1ccccc1C(F)(F)F. The highest BCUT2D eigenvalue weighted by Gasteiger charge is 2.34. The molecule has 1 atom stereocenters. The molecule has 0 aromatic heterocycles. The third-order valence-electron chi connectivity index (χ3n) is 3.11. The Bertz CT molecular complexity index is 622. The minimum atomic E-state index is -4.60. The number of alkyl carbamates (subject to hydrolysis) is 1. The topological polar surface area (TPSA) is 67.4 Å². The van der Waals surface area contributed by atoms with Gasteiger partial charge in [0.05, 0.1) is 11.3 Å². The van der Waals surface area contributed by atoms with Crippen LogP contribution in [-0.4, -0.2) is 23.6 Å². The van der Waals surface area contributed by atoms with Gasteiger partial charge >= 0.3 is 12.3 Å². The van der Waals surface area contributed by atoms with Crippen molar-refractivity contribution in [2.45, 2.75) is 52.4 Å². The lowest BCUT2D eigenvalue weighted by molar-refractivity contribution is -0.137. The van der Waals surface area contributed by atoms with E-state index in [0.29, 0.717) is 0 Å². The largest absolute Gasteiger partial charge is 0.444 e. The maximum Gasteiger partial charge on any atom is 0.418 e. The Labute approximate surface area is 144 Å². The molecule has 0 saturated carbocycles. The Morgan fingerprint density at radius 3 is 2.12 bits per heavy atom. The summed E-state index contributed by atoms with van der Waals surface area (Å²) >= 11 is 0. The van der Waals surface area contributed by atoms with Gasteiger partial charge in [-0.2, -0.15) is 13.2 Å². The Hall–Kier alpha value is -2.25. The van der Waals surface area contributed by atoms with Gasteiger partial charge in [0.2, 0.25) is 5.91 Å². The third kappa shape index (κ3) is 6.64. The van der Waals surface area contributed by atoms with Crippen molar-refractivity contribution in [1.29, 1.82) is 0 Å². The van der Waals surface area contributed by atoms with Crippen LogP contribution in [0, 0.1) is 5.92 Å². The molecule has 0 radical (unpaired) electrons. The summed E-state index contributed by atoms with van der Waals surface area (Å²) in [6, 6.07) is 3.61. The molecule has 0 spiro atoms. The summed E-state index contributed by atoms with van der Waals surface area (Å²) in [5, 5.41) is 4.63. The summed E-state index contributed by atoms with van der Waals surface area (Å²) in [5.74, 6) is -1.11. The monoisotopic (exact) mass is 360 g/mol. The molecule has 140 valence electrons. The first-order valence-electron chi connectivity index (χ1n) is 7.78. The van der Waals surface area contributed by atoms with Crippen LogP contribution in [0.3, 0.4) is 0 Å². The number of rotatable bonds is 4. The van der Waals surface area contributed by atoms with Crippen LogP contribution in [0.1, 0.15) is 40.2 Å². The molecule has 1 unspecified atom stereocenters. The fourth-order valence-corrected chi connectivity index (χ4v) is 2.02. The van der Waals surface area contributed by atoms with Crippen LogP contribution in [-0.2, 0) is 15.7 Å². The average molecular weight is 360 g/mol. The average Bonchev–Trinajstić information content (AvgIpc) is 2.41. The van der Waals surface area contributed by atoms with Gasteiger partial charge in [-0.1, -0.05) is 26.0 Å². The number of amides is 2. The van der Waals surface area contributed by atoms with Crippen LogP contribution in [0.15, 0.2) is 24.3 Å². The summed E-state index contributed by atoms with van der Waals surface area (Å²) in [5.41, 5.74) is -2.08. The summed E-state index contributed by atoms with van der Waals surface area (Å²) in [4.78, 5) is 24.2. The Kier molecular flexibility index (Phi) is 6.45. The highest BCUT2D eigenvalue weighted by molar-refractivity contribution is 5.97. The highest BCUT2D eigenvalue weighted by atomic mass is 19.4. The van der Waals surface area contributed by atoms with Crippen molar-refractivity contribution in [2.24, 2.45) is 5.92 Å². The van der Waals surface area contributed by atoms with Gasteiger partial charge in [0.25, 0.3) is 0 Å². The minimum Gasteiger partial charge on any atom is -0.444 e. The van der Waals surface area contributed by atoms with Crippen molar-refractivity contribution in [3.63, 3.8) is 0 Å². The van der Waals surface area contributed by atoms with Gasteiger partial charge in [-0.3, -0.25) is 4.79 Å². The zero-order valence-electron chi connectivity index (χ0n) is 14.8.